The van der Waals surface area contributed by atoms with Gasteiger partial charge < -0.3 is 18.6 Å². The highest BCUT2D eigenvalue weighted by Crippen LogP contribution is 2.37. The van der Waals surface area contributed by atoms with Crippen LogP contribution in [0.3, 0.4) is 0 Å². The lowest BCUT2D eigenvalue weighted by Crippen LogP contribution is -2.41. The molecule has 1 N–H and O–H groups in total. The maximum Gasteiger partial charge on any atom is 0.498 e. The standard InChI is InChI=1S/C12H21BN2O2.C11H19BN2O2.B6/c1-8-10(9(2)15(7)14-8)13-16-11(3,4)12(5,6)17-13;1-7-9(8(2)14-13-7)12-15-10(3,4)11(5,6)16-12;1-5(2)6(3)4/h1-7H3;1-6H3,(H,13,14);. The molecule has 0 atom stereocenters. The summed E-state index contributed by atoms with van der Waals surface area (Å²) in [7, 11) is 21.2. The third-order valence-corrected chi connectivity index (χ3v) is 8.17. The fourth-order valence-electron chi connectivity index (χ4n) is 3.96. The number of aromatic amines is 1. The van der Waals surface area contributed by atoms with Gasteiger partial charge in [0, 0.05) is 73.1 Å². The van der Waals surface area contributed by atoms with Gasteiger partial charge in [0.05, 0.1) is 33.8 Å². The maximum atomic E-state index is 6.05. The van der Waals surface area contributed by atoms with Gasteiger partial charge in [-0.3, -0.25) is 9.78 Å². The molecule has 0 unspecified atom stereocenters. The summed E-state index contributed by atoms with van der Waals surface area (Å²) in [5.74, 6) is 0. The third-order valence-electron chi connectivity index (χ3n) is 8.17. The zero-order valence-electron chi connectivity index (χ0n) is 26.1. The van der Waals surface area contributed by atoms with E-state index in [0.717, 1.165) is 33.7 Å². The summed E-state index contributed by atoms with van der Waals surface area (Å²) in [6, 6.07) is 0. The molecule has 4 rings (SSSR count). The van der Waals surface area contributed by atoms with Crippen molar-refractivity contribution < 1.29 is 18.6 Å². The van der Waals surface area contributed by atoms with Crippen molar-refractivity contribution >= 4 is 68.9 Å². The van der Waals surface area contributed by atoms with Crippen LogP contribution in [-0.2, 0) is 25.7 Å². The molecule has 16 heteroatoms. The maximum absolute atomic E-state index is 6.05. The first kappa shape index (κ1) is 34.0. The average molecular weight is 523 g/mol. The van der Waals surface area contributed by atoms with Crippen LogP contribution >= 0.6 is 0 Å². The van der Waals surface area contributed by atoms with E-state index >= 15 is 0 Å². The van der Waals surface area contributed by atoms with Crippen molar-refractivity contribution in [2.45, 2.75) is 105 Å². The number of rotatable bonds is 3. The molecule has 2 fully saturated rings. The van der Waals surface area contributed by atoms with E-state index < -0.39 is 12.8 Å². The van der Waals surface area contributed by atoms with Gasteiger partial charge in [0.1, 0.15) is 0 Å². The number of aryl methyl sites for hydroxylation is 4. The van der Waals surface area contributed by atoms with Crippen LogP contribution in [0, 0.1) is 27.7 Å². The van der Waals surface area contributed by atoms with E-state index in [4.69, 9.17) is 49.6 Å². The van der Waals surface area contributed by atoms with Crippen molar-refractivity contribution in [3.8, 4) is 0 Å². The normalized spacial score (nSPS) is 20.1. The second kappa shape index (κ2) is 11.9. The van der Waals surface area contributed by atoms with E-state index in [1.54, 1.807) is 0 Å². The Bertz CT molecular complexity index is 1080. The number of nitrogens with one attached hydrogen (secondary N) is 1. The highest BCUT2D eigenvalue weighted by molar-refractivity contribution is 7.76. The van der Waals surface area contributed by atoms with Crippen LogP contribution in [-0.4, -0.2) is 100 Å². The molecule has 8 radical (unpaired) electrons. The van der Waals surface area contributed by atoms with E-state index in [0.29, 0.717) is 0 Å². The van der Waals surface area contributed by atoms with E-state index in [-0.39, 0.29) is 36.6 Å². The van der Waals surface area contributed by atoms with Crippen LogP contribution < -0.4 is 10.9 Å². The minimum atomic E-state index is -0.593. The molecule has 0 amide bonds. The van der Waals surface area contributed by atoms with Crippen molar-refractivity contribution in [1.82, 2.24) is 20.0 Å². The number of nitrogens with zero attached hydrogens (tertiary/aromatic N) is 3. The molecule has 2 aliphatic rings. The van der Waals surface area contributed by atoms with Crippen LogP contribution in [0.2, 0.25) is 0 Å². The molecule has 0 spiro atoms. The Labute approximate surface area is 242 Å². The van der Waals surface area contributed by atoms with Crippen molar-refractivity contribution in [3.63, 3.8) is 0 Å². The predicted molar refractivity (Wildman–Crippen MR) is 167 cm³/mol. The average Bonchev–Trinajstić information content (AvgIpc) is 3.37. The summed E-state index contributed by atoms with van der Waals surface area (Å²) in [5.41, 5.74) is 4.92. The Morgan fingerprint density at radius 3 is 1.28 bits per heavy atom. The van der Waals surface area contributed by atoms with Gasteiger partial charge >= 0.3 is 14.2 Å². The van der Waals surface area contributed by atoms with Crippen LogP contribution in [0.4, 0.5) is 0 Å². The fourth-order valence-corrected chi connectivity index (χ4v) is 3.96. The first-order valence-corrected chi connectivity index (χ1v) is 13.3. The molecule has 200 valence electrons. The molecule has 2 aliphatic heterocycles. The van der Waals surface area contributed by atoms with Gasteiger partial charge in [-0.05, 0) is 83.1 Å². The molecule has 2 saturated heterocycles. The topological polar surface area (TPSA) is 83.4 Å². The molecule has 0 saturated carbocycles. The van der Waals surface area contributed by atoms with Gasteiger partial charge in [-0.25, -0.2) is 0 Å². The van der Waals surface area contributed by atoms with Crippen LogP contribution in [0.15, 0.2) is 0 Å². The van der Waals surface area contributed by atoms with Gasteiger partial charge in [-0.15, -0.1) is 0 Å². The van der Waals surface area contributed by atoms with Crippen LogP contribution in [0.1, 0.15) is 78.2 Å². The lowest BCUT2D eigenvalue weighted by Gasteiger charge is -2.32. The van der Waals surface area contributed by atoms with Crippen molar-refractivity contribution in [2.24, 2.45) is 7.05 Å². The Balaban J connectivity index is 0.000000228. The Hall–Kier alpha value is -1.22. The minimum Gasteiger partial charge on any atom is -0.399 e. The molecule has 2 aromatic rings. The Kier molecular flexibility index (Phi) is 10.4. The Morgan fingerprint density at radius 1 is 0.667 bits per heavy atom. The first-order valence-electron chi connectivity index (χ1n) is 13.3. The van der Waals surface area contributed by atoms with E-state index in [9.17, 15) is 0 Å². The SMILES string of the molecule is Cc1n[nH]c(C)c1B1OC(C)(C)C(C)(C)O1.Cc1nn(C)c(C)c1B1OC(C)(C)C(C)(C)O1.[B]B([B])B([B])[B]. The van der Waals surface area contributed by atoms with Gasteiger partial charge in [0.15, 0.2) is 0 Å². The highest BCUT2D eigenvalue weighted by Gasteiger charge is 2.54. The van der Waals surface area contributed by atoms with E-state index in [1.807, 2.05) is 39.4 Å². The molecule has 39 heavy (non-hydrogen) atoms. The molecule has 4 heterocycles. The van der Waals surface area contributed by atoms with Gasteiger partial charge in [0.25, 0.3) is 0 Å². The second-order valence-electron chi connectivity index (χ2n) is 12.4. The van der Waals surface area contributed by atoms with Crippen molar-refractivity contribution in [1.29, 1.82) is 0 Å². The van der Waals surface area contributed by atoms with Gasteiger partial charge in [-0.1, -0.05) is 0 Å². The largest absolute Gasteiger partial charge is 0.498 e. The lowest BCUT2D eigenvalue weighted by molar-refractivity contribution is 0.00578. The zero-order chi connectivity index (χ0) is 30.3. The smallest absolute Gasteiger partial charge is 0.399 e. The highest BCUT2D eigenvalue weighted by atomic mass is 16.7. The molecular formula is C23H40B8N4O4. The molecule has 8 nitrogen and oxygen atoms in total. The van der Waals surface area contributed by atoms with Crippen molar-refractivity contribution in [3.05, 3.63) is 22.8 Å². The molecule has 0 aromatic carbocycles. The number of aromatic nitrogens is 4. The summed E-state index contributed by atoms with van der Waals surface area (Å²) in [6.07, 6.45) is -1.19. The van der Waals surface area contributed by atoms with Crippen LogP contribution in [0.25, 0.3) is 0 Å². The molecule has 0 aliphatic carbocycles. The summed E-state index contributed by atoms with van der Waals surface area (Å²) in [6.45, 7) is 24.5. The number of hydrogen-bond donors (Lipinski definition) is 1. The fraction of sp³-hybridized carbons (Fsp3) is 0.739. The minimum absolute atomic E-state index is 0.298. The molecular weight excluding hydrogens is 483 g/mol. The summed E-state index contributed by atoms with van der Waals surface area (Å²) >= 11 is 0. The summed E-state index contributed by atoms with van der Waals surface area (Å²) in [4.78, 5) is 0. The third kappa shape index (κ3) is 7.35. The van der Waals surface area contributed by atoms with Crippen LogP contribution in [0.5, 0.6) is 0 Å². The first-order chi connectivity index (χ1) is 17.5. The molecule has 0 bridgehead atoms. The lowest BCUT2D eigenvalue weighted by atomic mass is 8.81. The Morgan fingerprint density at radius 2 is 1.03 bits per heavy atom. The van der Waals surface area contributed by atoms with E-state index in [2.05, 4.69) is 70.7 Å². The van der Waals surface area contributed by atoms with Gasteiger partial charge in [-0.2, -0.15) is 10.2 Å². The number of hydrogen-bond acceptors (Lipinski definition) is 6. The van der Waals surface area contributed by atoms with Crippen molar-refractivity contribution in [2.75, 3.05) is 0 Å². The quantitative estimate of drug-likeness (QED) is 0.587. The van der Waals surface area contributed by atoms with Gasteiger partial charge in [0.2, 0.25) is 0 Å². The summed E-state index contributed by atoms with van der Waals surface area (Å²) in [5, 5.41) is 11.5. The van der Waals surface area contributed by atoms with E-state index in [1.165, 1.54) is 0 Å². The molecule has 2 aromatic heterocycles. The zero-order valence-corrected chi connectivity index (χ0v) is 26.1. The monoisotopic (exact) mass is 524 g/mol. The summed E-state index contributed by atoms with van der Waals surface area (Å²) < 4.78 is 25.9. The number of H-pyrrole nitrogens is 1. The second-order valence-corrected chi connectivity index (χ2v) is 12.4. The predicted octanol–water partition coefficient (Wildman–Crippen LogP) is 0.377.